The standard InChI is InChI=1S/C21H20O6Se/c1-15(22)26-19-10-8-17(14-20(19)27-16(2)23)9-11-21(24)25-12-13-28-18-6-4-3-5-7-18/h3-11,14H,12-13H2,1-2H3/b11-9+. The van der Waals surface area contributed by atoms with Crippen LogP contribution in [0.15, 0.2) is 54.6 Å². The number of rotatable bonds is 8. The van der Waals surface area contributed by atoms with Crippen molar-refractivity contribution in [3.05, 3.63) is 60.2 Å². The SMILES string of the molecule is CC(=O)Oc1ccc(/C=C/C(=O)OCC[Se]c2ccccc2)cc1OC(C)=O. The predicted molar refractivity (Wildman–Crippen MR) is 106 cm³/mol. The van der Waals surface area contributed by atoms with E-state index in [1.54, 1.807) is 6.07 Å². The number of esters is 3. The van der Waals surface area contributed by atoms with Crippen molar-refractivity contribution in [2.24, 2.45) is 0 Å². The van der Waals surface area contributed by atoms with Crippen molar-refractivity contribution < 1.29 is 28.6 Å². The number of ether oxygens (including phenoxy) is 3. The minimum atomic E-state index is -0.547. The van der Waals surface area contributed by atoms with E-state index in [0.717, 1.165) is 5.32 Å². The molecule has 0 aliphatic rings. The molecule has 0 bridgehead atoms. The maximum absolute atomic E-state index is 11.8. The molecule has 0 atom stereocenters. The van der Waals surface area contributed by atoms with Gasteiger partial charge in [-0.3, -0.25) is 4.79 Å². The number of hydrogen-bond donors (Lipinski definition) is 0. The number of benzene rings is 2. The molecule has 7 heteroatoms. The van der Waals surface area contributed by atoms with E-state index in [2.05, 4.69) is 12.1 Å². The van der Waals surface area contributed by atoms with E-state index >= 15 is 0 Å². The quantitative estimate of drug-likeness (QED) is 0.204. The van der Waals surface area contributed by atoms with E-state index in [0.29, 0.717) is 12.2 Å². The van der Waals surface area contributed by atoms with Crippen LogP contribution in [0.1, 0.15) is 19.4 Å². The molecule has 28 heavy (non-hydrogen) atoms. The zero-order chi connectivity index (χ0) is 20.4. The predicted octanol–water partition coefficient (Wildman–Crippen LogP) is 2.54. The second kappa shape index (κ2) is 11.1. The molecule has 0 heterocycles. The van der Waals surface area contributed by atoms with Crippen LogP contribution in [0.2, 0.25) is 5.32 Å². The summed E-state index contributed by atoms with van der Waals surface area (Å²) in [5, 5.41) is 0.796. The zero-order valence-corrected chi connectivity index (χ0v) is 17.3. The molecule has 0 saturated carbocycles. The van der Waals surface area contributed by atoms with Crippen molar-refractivity contribution in [1.82, 2.24) is 0 Å². The van der Waals surface area contributed by atoms with Gasteiger partial charge in [-0.25, -0.2) is 0 Å². The molecule has 6 nitrogen and oxygen atoms in total. The molecule has 0 fully saturated rings. The van der Waals surface area contributed by atoms with E-state index in [1.807, 2.05) is 18.2 Å². The molecule has 0 unspecified atom stereocenters. The molecule has 0 saturated heterocycles. The zero-order valence-electron chi connectivity index (χ0n) is 15.5. The van der Waals surface area contributed by atoms with Crippen molar-refractivity contribution in [2.75, 3.05) is 6.61 Å². The van der Waals surface area contributed by atoms with Crippen molar-refractivity contribution in [1.29, 1.82) is 0 Å². The van der Waals surface area contributed by atoms with Gasteiger partial charge in [0, 0.05) is 6.92 Å². The Morgan fingerprint density at radius 3 is 2.29 bits per heavy atom. The van der Waals surface area contributed by atoms with Gasteiger partial charge in [-0.2, -0.15) is 0 Å². The van der Waals surface area contributed by atoms with Gasteiger partial charge in [0.25, 0.3) is 0 Å². The Kier molecular flexibility index (Phi) is 8.46. The summed E-state index contributed by atoms with van der Waals surface area (Å²) in [5.41, 5.74) is 0.595. The van der Waals surface area contributed by atoms with Gasteiger partial charge in [0.05, 0.1) is 0 Å². The van der Waals surface area contributed by atoms with Crippen LogP contribution in [0.3, 0.4) is 0 Å². The first-order valence-corrected chi connectivity index (χ1v) is 10.5. The third-order valence-electron chi connectivity index (χ3n) is 3.23. The fourth-order valence-corrected chi connectivity index (χ4v) is 3.71. The van der Waals surface area contributed by atoms with Gasteiger partial charge >= 0.3 is 158 Å². The van der Waals surface area contributed by atoms with Gasteiger partial charge < -0.3 is 0 Å². The van der Waals surface area contributed by atoms with Crippen LogP contribution in [0.4, 0.5) is 0 Å². The van der Waals surface area contributed by atoms with Gasteiger partial charge in [0.2, 0.25) is 0 Å². The average molecular weight is 447 g/mol. The van der Waals surface area contributed by atoms with Crippen LogP contribution < -0.4 is 13.9 Å². The van der Waals surface area contributed by atoms with Gasteiger partial charge in [0.1, 0.15) is 0 Å². The molecule has 0 aliphatic carbocycles. The molecule has 0 radical (unpaired) electrons. The molecule has 0 aromatic heterocycles. The first-order chi connectivity index (χ1) is 13.4. The maximum atomic E-state index is 11.8. The van der Waals surface area contributed by atoms with Gasteiger partial charge in [-0.05, 0) is 0 Å². The molecule has 2 aromatic rings. The Morgan fingerprint density at radius 2 is 1.61 bits per heavy atom. The summed E-state index contributed by atoms with van der Waals surface area (Å²) in [6, 6.07) is 14.7. The first-order valence-electron chi connectivity index (χ1n) is 8.47. The topological polar surface area (TPSA) is 78.9 Å². The Morgan fingerprint density at radius 1 is 0.929 bits per heavy atom. The van der Waals surface area contributed by atoms with Gasteiger partial charge in [-0.1, -0.05) is 0 Å². The molecule has 0 aliphatic heterocycles. The molecule has 0 spiro atoms. The molecule has 2 aromatic carbocycles. The van der Waals surface area contributed by atoms with Crippen molar-refractivity contribution >= 4 is 43.4 Å². The molecular formula is C21H20O6Se. The Labute approximate surface area is 169 Å². The van der Waals surface area contributed by atoms with E-state index < -0.39 is 17.9 Å². The average Bonchev–Trinajstić information content (AvgIpc) is 2.65. The molecule has 2 rings (SSSR count). The van der Waals surface area contributed by atoms with E-state index in [9.17, 15) is 14.4 Å². The summed E-state index contributed by atoms with van der Waals surface area (Å²) in [7, 11) is 0. The monoisotopic (exact) mass is 448 g/mol. The van der Waals surface area contributed by atoms with Crippen LogP contribution >= 0.6 is 0 Å². The van der Waals surface area contributed by atoms with Gasteiger partial charge in [-0.15, -0.1) is 0 Å². The first kappa shape index (κ1) is 21.4. The minimum absolute atomic E-state index is 0.101. The molecule has 146 valence electrons. The van der Waals surface area contributed by atoms with Gasteiger partial charge in [0.15, 0.2) is 0 Å². The molecule has 0 N–H and O–H groups in total. The third kappa shape index (κ3) is 7.78. The van der Waals surface area contributed by atoms with E-state index in [-0.39, 0.29) is 26.5 Å². The normalized spacial score (nSPS) is 10.5. The Balaban J connectivity index is 1.90. The molecule has 0 amide bonds. The third-order valence-corrected chi connectivity index (χ3v) is 5.27. The van der Waals surface area contributed by atoms with Crippen molar-refractivity contribution in [3.63, 3.8) is 0 Å². The second-order valence-electron chi connectivity index (χ2n) is 5.56. The number of carbonyl (C=O) groups is 3. The summed E-state index contributed by atoms with van der Waals surface area (Å²) in [5.74, 6) is -1.30. The van der Waals surface area contributed by atoms with Crippen molar-refractivity contribution in [2.45, 2.75) is 19.2 Å². The van der Waals surface area contributed by atoms with E-state index in [1.165, 1.54) is 42.6 Å². The van der Waals surface area contributed by atoms with Crippen molar-refractivity contribution in [3.8, 4) is 11.5 Å². The number of hydrogen-bond acceptors (Lipinski definition) is 6. The summed E-state index contributed by atoms with van der Waals surface area (Å²) in [6.07, 6.45) is 2.84. The summed E-state index contributed by atoms with van der Waals surface area (Å²) in [6.45, 7) is 2.84. The number of carbonyl (C=O) groups excluding carboxylic acids is 3. The fraction of sp³-hybridized carbons (Fsp3) is 0.190. The van der Waals surface area contributed by atoms with Crippen LogP contribution in [-0.2, 0) is 19.1 Å². The van der Waals surface area contributed by atoms with Crippen LogP contribution in [0, 0.1) is 0 Å². The Hall–Kier alpha value is -2.89. The fourth-order valence-electron chi connectivity index (χ4n) is 2.13. The molecular weight excluding hydrogens is 427 g/mol. The van der Waals surface area contributed by atoms with E-state index in [4.69, 9.17) is 14.2 Å². The summed E-state index contributed by atoms with van der Waals surface area (Å²) >= 11 is 0.261. The van der Waals surface area contributed by atoms with Crippen LogP contribution in [-0.4, -0.2) is 39.5 Å². The van der Waals surface area contributed by atoms with Crippen LogP contribution in [0.5, 0.6) is 11.5 Å². The summed E-state index contributed by atoms with van der Waals surface area (Å²) < 4.78 is 16.5. The Bertz CT molecular complexity index is 860. The second-order valence-corrected chi connectivity index (χ2v) is 8.01. The summed E-state index contributed by atoms with van der Waals surface area (Å²) in [4.78, 5) is 34.2. The van der Waals surface area contributed by atoms with Crippen LogP contribution in [0.25, 0.3) is 6.08 Å².